The Bertz CT molecular complexity index is 1020. The zero-order valence-electron chi connectivity index (χ0n) is 16.5. The Morgan fingerprint density at radius 1 is 0.862 bits per heavy atom. The van der Waals surface area contributed by atoms with Crippen molar-refractivity contribution < 1.29 is 19.0 Å². The molecule has 0 spiro atoms. The first-order chi connectivity index (χ1) is 14.1. The lowest BCUT2D eigenvalue weighted by Crippen LogP contribution is -1.95. The number of hydrogen-bond acceptors (Lipinski definition) is 5. The van der Waals surface area contributed by atoms with Crippen LogP contribution in [0.15, 0.2) is 60.0 Å². The third-order valence-corrected chi connectivity index (χ3v) is 5.22. The molecule has 29 heavy (non-hydrogen) atoms. The van der Waals surface area contributed by atoms with E-state index in [1.807, 2.05) is 60.0 Å². The standard InChI is InChI=1S/C24H22O4S/c1-26-19-10-7-17(8-11-19)6-9-18-15-20(27-2)16-23(28-3)21(18)12-13-22(25)24-5-4-14-29-24/h4-16H,1-3H3/b9-6+,13-12+. The summed E-state index contributed by atoms with van der Waals surface area (Å²) in [5.41, 5.74) is 2.72. The molecule has 148 valence electrons. The summed E-state index contributed by atoms with van der Waals surface area (Å²) in [7, 11) is 4.86. The van der Waals surface area contributed by atoms with Gasteiger partial charge in [0.15, 0.2) is 5.78 Å². The summed E-state index contributed by atoms with van der Waals surface area (Å²) in [5, 5.41) is 1.89. The maximum absolute atomic E-state index is 12.4. The lowest BCUT2D eigenvalue weighted by Gasteiger charge is -2.11. The fraction of sp³-hybridized carbons (Fsp3) is 0.125. The number of hydrogen-bond donors (Lipinski definition) is 0. The molecule has 3 rings (SSSR count). The summed E-state index contributed by atoms with van der Waals surface area (Å²) >= 11 is 1.42. The monoisotopic (exact) mass is 406 g/mol. The lowest BCUT2D eigenvalue weighted by atomic mass is 10.0. The number of allylic oxidation sites excluding steroid dienone is 1. The normalized spacial score (nSPS) is 11.1. The number of ketones is 1. The summed E-state index contributed by atoms with van der Waals surface area (Å²) in [6.45, 7) is 0. The van der Waals surface area contributed by atoms with Crippen LogP contribution in [0.1, 0.15) is 26.4 Å². The Kier molecular flexibility index (Phi) is 6.87. The smallest absolute Gasteiger partial charge is 0.195 e. The van der Waals surface area contributed by atoms with Gasteiger partial charge >= 0.3 is 0 Å². The minimum Gasteiger partial charge on any atom is -0.497 e. The molecular formula is C24H22O4S. The van der Waals surface area contributed by atoms with E-state index < -0.39 is 0 Å². The first kappa shape index (κ1) is 20.4. The Balaban J connectivity index is 1.97. The van der Waals surface area contributed by atoms with Gasteiger partial charge in [-0.25, -0.2) is 0 Å². The zero-order chi connectivity index (χ0) is 20.6. The number of thiophene rings is 1. The van der Waals surface area contributed by atoms with E-state index in [-0.39, 0.29) is 5.78 Å². The predicted molar refractivity (Wildman–Crippen MR) is 119 cm³/mol. The SMILES string of the molecule is COc1ccc(/C=C/c2cc(OC)cc(OC)c2/C=C/C(=O)c2cccs2)cc1. The van der Waals surface area contributed by atoms with Gasteiger partial charge in [-0.05, 0) is 52.9 Å². The molecule has 1 heterocycles. The van der Waals surface area contributed by atoms with E-state index >= 15 is 0 Å². The fourth-order valence-electron chi connectivity index (χ4n) is 2.79. The molecule has 0 amide bonds. The van der Waals surface area contributed by atoms with Crippen LogP contribution in [-0.4, -0.2) is 27.1 Å². The largest absolute Gasteiger partial charge is 0.497 e. The fourth-order valence-corrected chi connectivity index (χ4v) is 3.43. The molecule has 0 bridgehead atoms. The Labute approximate surface area is 174 Å². The van der Waals surface area contributed by atoms with E-state index in [0.29, 0.717) is 16.4 Å². The van der Waals surface area contributed by atoms with Gasteiger partial charge in [-0.1, -0.05) is 30.4 Å². The van der Waals surface area contributed by atoms with Crippen LogP contribution in [-0.2, 0) is 0 Å². The van der Waals surface area contributed by atoms with Gasteiger partial charge in [0.25, 0.3) is 0 Å². The molecule has 0 aliphatic carbocycles. The van der Waals surface area contributed by atoms with Crippen molar-refractivity contribution in [2.45, 2.75) is 0 Å². The van der Waals surface area contributed by atoms with Crippen molar-refractivity contribution in [1.82, 2.24) is 0 Å². The number of benzene rings is 2. The molecule has 0 saturated heterocycles. The van der Waals surface area contributed by atoms with E-state index in [1.54, 1.807) is 39.5 Å². The summed E-state index contributed by atoms with van der Waals surface area (Å²) < 4.78 is 16.1. The molecule has 2 aromatic carbocycles. The van der Waals surface area contributed by atoms with Crippen LogP contribution in [0.3, 0.4) is 0 Å². The summed E-state index contributed by atoms with van der Waals surface area (Å²) in [4.78, 5) is 13.1. The van der Waals surface area contributed by atoms with Crippen LogP contribution in [0.4, 0.5) is 0 Å². The molecule has 3 aromatic rings. The topological polar surface area (TPSA) is 44.8 Å². The third kappa shape index (κ3) is 5.15. The molecular weight excluding hydrogens is 384 g/mol. The Hall–Kier alpha value is -3.31. The van der Waals surface area contributed by atoms with Crippen LogP contribution in [0, 0.1) is 0 Å². The van der Waals surface area contributed by atoms with E-state index in [1.165, 1.54) is 11.3 Å². The van der Waals surface area contributed by atoms with Crippen molar-refractivity contribution in [2.24, 2.45) is 0 Å². The first-order valence-corrected chi connectivity index (χ1v) is 9.86. The van der Waals surface area contributed by atoms with E-state index in [4.69, 9.17) is 14.2 Å². The zero-order valence-corrected chi connectivity index (χ0v) is 17.4. The van der Waals surface area contributed by atoms with Gasteiger partial charge in [0, 0.05) is 11.6 Å². The molecule has 0 aliphatic heterocycles. The molecule has 0 saturated carbocycles. The van der Waals surface area contributed by atoms with E-state index in [0.717, 1.165) is 22.4 Å². The Morgan fingerprint density at radius 2 is 1.62 bits per heavy atom. The summed E-state index contributed by atoms with van der Waals surface area (Å²) in [5.74, 6) is 2.08. The van der Waals surface area contributed by atoms with Crippen LogP contribution in [0.2, 0.25) is 0 Å². The molecule has 0 unspecified atom stereocenters. The molecule has 1 aromatic heterocycles. The number of rotatable bonds is 8. The van der Waals surface area contributed by atoms with E-state index in [9.17, 15) is 4.79 Å². The maximum atomic E-state index is 12.4. The first-order valence-electron chi connectivity index (χ1n) is 8.98. The van der Waals surface area contributed by atoms with Gasteiger partial charge in [-0.2, -0.15) is 0 Å². The second-order valence-corrected chi connectivity index (χ2v) is 7.06. The van der Waals surface area contributed by atoms with Crippen LogP contribution < -0.4 is 14.2 Å². The molecule has 0 aliphatic rings. The molecule has 5 heteroatoms. The molecule has 0 N–H and O–H groups in total. The van der Waals surface area contributed by atoms with Gasteiger partial charge in [0.2, 0.25) is 0 Å². The quantitative estimate of drug-likeness (QED) is 0.268. The average molecular weight is 407 g/mol. The highest BCUT2D eigenvalue weighted by atomic mass is 32.1. The second-order valence-electron chi connectivity index (χ2n) is 6.11. The van der Waals surface area contributed by atoms with Crippen LogP contribution in [0.25, 0.3) is 18.2 Å². The number of methoxy groups -OCH3 is 3. The number of carbonyl (C=O) groups excluding carboxylic acids is 1. The third-order valence-electron chi connectivity index (χ3n) is 4.34. The lowest BCUT2D eigenvalue weighted by molar-refractivity contribution is 0.105. The molecule has 0 fully saturated rings. The van der Waals surface area contributed by atoms with E-state index in [2.05, 4.69) is 0 Å². The maximum Gasteiger partial charge on any atom is 0.195 e. The van der Waals surface area contributed by atoms with Crippen molar-refractivity contribution in [3.8, 4) is 17.2 Å². The Morgan fingerprint density at radius 3 is 2.24 bits per heavy atom. The van der Waals surface area contributed by atoms with Gasteiger partial charge in [0.1, 0.15) is 17.2 Å². The minimum atomic E-state index is -0.0389. The highest BCUT2D eigenvalue weighted by Crippen LogP contribution is 2.31. The van der Waals surface area contributed by atoms with Crippen LogP contribution >= 0.6 is 11.3 Å². The summed E-state index contributed by atoms with van der Waals surface area (Å²) in [6.07, 6.45) is 7.32. The van der Waals surface area contributed by atoms with Gasteiger partial charge in [0.05, 0.1) is 26.2 Å². The minimum absolute atomic E-state index is 0.0389. The van der Waals surface area contributed by atoms with Crippen molar-refractivity contribution >= 4 is 35.3 Å². The molecule has 0 atom stereocenters. The predicted octanol–water partition coefficient (Wildman–Crippen LogP) is 5.84. The van der Waals surface area contributed by atoms with Gasteiger partial charge < -0.3 is 14.2 Å². The second kappa shape index (κ2) is 9.75. The van der Waals surface area contributed by atoms with Crippen LogP contribution in [0.5, 0.6) is 17.2 Å². The number of carbonyl (C=O) groups is 1. The van der Waals surface area contributed by atoms with Gasteiger partial charge in [-0.3, -0.25) is 4.79 Å². The van der Waals surface area contributed by atoms with Crippen molar-refractivity contribution in [2.75, 3.05) is 21.3 Å². The average Bonchev–Trinajstić information content (AvgIpc) is 3.31. The highest BCUT2D eigenvalue weighted by Gasteiger charge is 2.10. The highest BCUT2D eigenvalue weighted by molar-refractivity contribution is 7.12. The van der Waals surface area contributed by atoms with Crippen molar-refractivity contribution in [3.05, 3.63) is 81.6 Å². The number of ether oxygens (including phenoxy) is 3. The summed E-state index contributed by atoms with van der Waals surface area (Å²) in [6, 6.07) is 15.2. The van der Waals surface area contributed by atoms with Crippen molar-refractivity contribution in [1.29, 1.82) is 0 Å². The molecule has 0 radical (unpaired) electrons. The van der Waals surface area contributed by atoms with Crippen molar-refractivity contribution in [3.63, 3.8) is 0 Å². The van der Waals surface area contributed by atoms with Gasteiger partial charge in [-0.15, -0.1) is 11.3 Å². The molecule has 4 nitrogen and oxygen atoms in total.